The van der Waals surface area contributed by atoms with Crippen molar-refractivity contribution >= 4 is 32.5 Å². The lowest BCUT2D eigenvalue weighted by atomic mass is 9.72. The minimum absolute atomic E-state index is 0.0271. The number of carbonyl (C=O) groups excluding carboxylic acids is 1. The summed E-state index contributed by atoms with van der Waals surface area (Å²) in [5.41, 5.74) is 2.36. The number of H-pyrrole nitrogens is 1. The summed E-state index contributed by atoms with van der Waals surface area (Å²) in [5.74, 6) is 1.07. The molecule has 2 aliphatic heterocycles. The zero-order valence-corrected chi connectivity index (χ0v) is 27.2. The van der Waals surface area contributed by atoms with Crippen molar-refractivity contribution in [2.45, 2.75) is 51.0 Å². The molecule has 2 saturated heterocycles. The van der Waals surface area contributed by atoms with Crippen LogP contribution in [0.5, 0.6) is 11.5 Å². The first-order valence-corrected chi connectivity index (χ1v) is 17.0. The van der Waals surface area contributed by atoms with Gasteiger partial charge in [-0.15, -0.1) is 0 Å². The van der Waals surface area contributed by atoms with E-state index in [-0.39, 0.29) is 27.7 Å². The molecule has 11 heteroatoms. The van der Waals surface area contributed by atoms with Gasteiger partial charge in [0.05, 0.1) is 10.6 Å². The fourth-order valence-corrected chi connectivity index (χ4v) is 7.16. The van der Waals surface area contributed by atoms with Gasteiger partial charge in [-0.25, -0.2) is 13.2 Å². The van der Waals surface area contributed by atoms with E-state index in [0.29, 0.717) is 46.6 Å². The van der Waals surface area contributed by atoms with Gasteiger partial charge < -0.3 is 28.8 Å². The third-order valence-electron chi connectivity index (χ3n) is 8.83. The molecular weight excluding hydrogens is 592 g/mol. The number of hydrogen-bond donors (Lipinski definition) is 1. The summed E-state index contributed by atoms with van der Waals surface area (Å²) in [6, 6.07) is 14.6. The molecule has 6 rings (SSSR count). The molecule has 45 heavy (non-hydrogen) atoms. The summed E-state index contributed by atoms with van der Waals surface area (Å²) < 4.78 is 39.0. The van der Waals surface area contributed by atoms with Gasteiger partial charge in [-0.1, -0.05) is 6.92 Å². The van der Waals surface area contributed by atoms with E-state index in [2.05, 4.69) is 9.88 Å². The van der Waals surface area contributed by atoms with Gasteiger partial charge in [0.2, 0.25) is 0 Å². The molecule has 0 aliphatic carbocycles. The number of ether oxygens (including phenoxy) is 2. The number of fused-ring (bicyclic) bond motifs is 1. The number of sulfone groups is 1. The second kappa shape index (κ2) is 11.3. The topological polar surface area (TPSA) is 114 Å². The number of amides is 1. The molecule has 0 saturated carbocycles. The van der Waals surface area contributed by atoms with Gasteiger partial charge >= 0.3 is 6.09 Å². The molecule has 2 aromatic carbocycles. The highest BCUT2D eigenvalue weighted by molar-refractivity contribution is 7.91. The number of nitrogens with zero attached hydrogens (tertiary/aromatic N) is 3. The summed E-state index contributed by atoms with van der Waals surface area (Å²) >= 11 is 0. The molecule has 2 aliphatic rings. The molecule has 1 amide bonds. The van der Waals surface area contributed by atoms with Crippen molar-refractivity contribution in [3.05, 3.63) is 71.3 Å². The summed E-state index contributed by atoms with van der Waals surface area (Å²) in [6.07, 6.45) is 5.09. The number of pyridine rings is 1. The molecule has 0 unspecified atom stereocenters. The Balaban J connectivity index is 1.19. The second-order valence-electron chi connectivity index (χ2n) is 13.2. The molecule has 10 nitrogen and oxygen atoms in total. The summed E-state index contributed by atoms with van der Waals surface area (Å²) in [4.78, 5) is 32.5. The standard InChI is InChI=1S/C34H40N4O6S/c1-6-45(41,42)25-11-12-29(27(19-25)28-20-36(5)31(39)30-26(28)13-16-35-30)43-24-9-7-23(8-10-24)38-21-34(22-38)14-17-37(18-15-34)32(40)44-33(2,3)4/h7-13,16,19-20,35H,6,14-15,17-18,21-22H2,1-5H3. The number of hydrogen-bond acceptors (Lipinski definition) is 7. The van der Waals surface area contributed by atoms with Crippen LogP contribution in [0, 0.1) is 5.41 Å². The average molecular weight is 633 g/mol. The SMILES string of the molecule is CCS(=O)(=O)c1ccc(Oc2ccc(N3CC4(CCN(C(=O)OC(C)(C)C)CC4)C3)cc2)c(-c2cn(C)c(=O)c3[nH]ccc23)c1. The Kier molecular flexibility index (Phi) is 7.71. The Morgan fingerprint density at radius 1 is 1.00 bits per heavy atom. The molecule has 1 spiro atoms. The van der Waals surface area contributed by atoms with E-state index in [0.717, 1.165) is 31.6 Å². The summed E-state index contributed by atoms with van der Waals surface area (Å²) in [7, 11) is -1.81. The van der Waals surface area contributed by atoms with Crippen LogP contribution >= 0.6 is 0 Å². The van der Waals surface area contributed by atoms with E-state index in [9.17, 15) is 18.0 Å². The maximum absolute atomic E-state index is 12.8. The zero-order valence-electron chi connectivity index (χ0n) is 26.4. The van der Waals surface area contributed by atoms with E-state index < -0.39 is 15.4 Å². The van der Waals surface area contributed by atoms with Gasteiger partial charge in [-0.05, 0) is 82.1 Å². The summed E-state index contributed by atoms with van der Waals surface area (Å²) in [5, 5.41) is 0.688. The van der Waals surface area contributed by atoms with Crippen molar-refractivity contribution in [2.24, 2.45) is 12.5 Å². The Labute approximate surface area is 263 Å². The molecule has 1 N–H and O–H groups in total. The van der Waals surface area contributed by atoms with Crippen LogP contribution in [-0.2, 0) is 21.6 Å². The first-order chi connectivity index (χ1) is 21.3. The molecule has 4 heterocycles. The normalized spacial score (nSPS) is 16.6. The van der Waals surface area contributed by atoms with Crippen LogP contribution in [0.1, 0.15) is 40.5 Å². The minimum Gasteiger partial charge on any atom is -0.457 e. The van der Waals surface area contributed by atoms with E-state index in [1.165, 1.54) is 4.57 Å². The predicted molar refractivity (Wildman–Crippen MR) is 175 cm³/mol. The van der Waals surface area contributed by atoms with Gasteiger partial charge in [0.1, 0.15) is 22.6 Å². The van der Waals surface area contributed by atoms with Gasteiger partial charge in [-0.2, -0.15) is 0 Å². The van der Waals surface area contributed by atoms with E-state index in [4.69, 9.17) is 9.47 Å². The number of benzene rings is 2. The predicted octanol–water partition coefficient (Wildman–Crippen LogP) is 5.96. The van der Waals surface area contributed by atoms with Crippen molar-refractivity contribution in [1.29, 1.82) is 0 Å². The first kappa shape index (κ1) is 30.8. The smallest absolute Gasteiger partial charge is 0.410 e. The third-order valence-corrected chi connectivity index (χ3v) is 10.6. The highest BCUT2D eigenvalue weighted by atomic mass is 32.2. The Morgan fingerprint density at radius 3 is 2.33 bits per heavy atom. The molecular formula is C34H40N4O6S. The van der Waals surface area contributed by atoms with Crippen LogP contribution in [0.4, 0.5) is 10.5 Å². The largest absolute Gasteiger partial charge is 0.457 e. The van der Waals surface area contributed by atoms with Crippen molar-refractivity contribution in [3.63, 3.8) is 0 Å². The van der Waals surface area contributed by atoms with Crippen LogP contribution in [0.3, 0.4) is 0 Å². The lowest BCUT2D eigenvalue weighted by Gasteiger charge is -2.55. The van der Waals surface area contributed by atoms with E-state index in [1.54, 1.807) is 44.6 Å². The molecule has 2 aromatic heterocycles. The molecule has 0 atom stereocenters. The van der Waals surface area contributed by atoms with Crippen LogP contribution in [0.2, 0.25) is 0 Å². The van der Waals surface area contributed by atoms with E-state index >= 15 is 0 Å². The molecule has 2 fully saturated rings. The van der Waals surface area contributed by atoms with Crippen LogP contribution in [-0.4, -0.2) is 66.5 Å². The van der Waals surface area contributed by atoms with Crippen molar-refractivity contribution < 1.29 is 22.7 Å². The first-order valence-electron chi connectivity index (χ1n) is 15.3. The number of aromatic amines is 1. The maximum atomic E-state index is 12.8. The molecule has 0 bridgehead atoms. The molecule has 4 aromatic rings. The van der Waals surface area contributed by atoms with Crippen LogP contribution in [0.25, 0.3) is 22.0 Å². The maximum Gasteiger partial charge on any atom is 0.410 e. The van der Waals surface area contributed by atoms with Crippen LogP contribution in [0.15, 0.2) is 70.6 Å². The monoisotopic (exact) mass is 632 g/mol. The highest BCUT2D eigenvalue weighted by Crippen LogP contribution is 2.44. The third kappa shape index (κ3) is 6.05. The Hall–Kier alpha value is -4.25. The van der Waals surface area contributed by atoms with Gasteiger partial charge in [-0.3, -0.25) is 4.79 Å². The number of anilines is 1. The van der Waals surface area contributed by atoms with Gasteiger partial charge in [0, 0.05) is 73.2 Å². The lowest BCUT2D eigenvalue weighted by Crippen LogP contribution is -2.61. The number of aromatic nitrogens is 2. The fourth-order valence-electron chi connectivity index (χ4n) is 6.26. The summed E-state index contributed by atoms with van der Waals surface area (Å²) in [6.45, 7) is 10.6. The van der Waals surface area contributed by atoms with Gasteiger partial charge in [0.25, 0.3) is 5.56 Å². The number of piperidine rings is 1. The fraction of sp³-hybridized carbons (Fsp3) is 0.412. The molecule has 0 radical (unpaired) electrons. The van der Waals surface area contributed by atoms with Crippen LogP contribution < -0.4 is 15.2 Å². The number of aryl methyl sites for hydroxylation is 1. The quantitative estimate of drug-likeness (QED) is 0.279. The van der Waals surface area contributed by atoms with Crippen molar-refractivity contribution in [3.8, 4) is 22.6 Å². The Morgan fingerprint density at radius 2 is 1.69 bits per heavy atom. The number of likely N-dealkylation sites (tertiary alicyclic amines) is 1. The zero-order chi connectivity index (χ0) is 32.1. The minimum atomic E-state index is -3.48. The number of carbonyl (C=O) groups is 1. The number of nitrogens with one attached hydrogen (secondary N) is 1. The van der Waals surface area contributed by atoms with E-state index in [1.807, 2.05) is 56.0 Å². The van der Waals surface area contributed by atoms with Crippen molar-refractivity contribution in [2.75, 3.05) is 36.8 Å². The lowest BCUT2D eigenvalue weighted by molar-refractivity contribution is 0.00598. The van der Waals surface area contributed by atoms with Gasteiger partial charge in [0.15, 0.2) is 9.84 Å². The average Bonchev–Trinajstić information content (AvgIpc) is 3.48. The van der Waals surface area contributed by atoms with Crippen molar-refractivity contribution in [1.82, 2.24) is 14.5 Å². The highest BCUT2D eigenvalue weighted by Gasteiger charge is 2.46. The number of rotatable bonds is 6. The second-order valence-corrected chi connectivity index (χ2v) is 15.5. The molecule has 238 valence electrons. The Bertz CT molecular complexity index is 1900.